The van der Waals surface area contributed by atoms with Gasteiger partial charge in [0.25, 0.3) is 5.91 Å². The van der Waals surface area contributed by atoms with Gasteiger partial charge in [-0.3, -0.25) is 14.5 Å². The molecule has 9 heteroatoms. The summed E-state index contributed by atoms with van der Waals surface area (Å²) < 4.78 is 11.1. The molecule has 3 heterocycles. The Hall–Kier alpha value is -2.75. The van der Waals surface area contributed by atoms with Crippen LogP contribution in [0.2, 0.25) is 0 Å². The second-order valence-corrected chi connectivity index (χ2v) is 11.7. The summed E-state index contributed by atoms with van der Waals surface area (Å²) in [6.45, 7) is 10.4. The summed E-state index contributed by atoms with van der Waals surface area (Å²) in [5, 5.41) is 8.37. The highest BCUT2D eigenvalue weighted by Gasteiger charge is 2.36. The van der Waals surface area contributed by atoms with Crippen LogP contribution in [-0.4, -0.2) is 85.4 Å². The third-order valence-corrected chi connectivity index (χ3v) is 7.54. The SMILES string of the molecule is COc1ccccc1[C@@H]1CC(c2cccs2)=NN1C(=O)CN(CCN1CCOCC1)C(=O)CC(C)(C)C. The minimum absolute atomic E-state index is 0.00781. The smallest absolute Gasteiger partial charge is 0.262 e. The molecule has 1 saturated heterocycles. The van der Waals surface area contributed by atoms with Gasteiger partial charge in [-0.2, -0.15) is 5.10 Å². The van der Waals surface area contributed by atoms with Crippen LogP contribution in [0.5, 0.6) is 5.75 Å². The average molecular weight is 527 g/mol. The predicted molar refractivity (Wildman–Crippen MR) is 146 cm³/mol. The molecule has 200 valence electrons. The minimum Gasteiger partial charge on any atom is -0.496 e. The number of para-hydroxylation sites is 1. The Kier molecular flexibility index (Phi) is 9.00. The molecule has 0 spiro atoms. The van der Waals surface area contributed by atoms with Crippen LogP contribution in [0.4, 0.5) is 0 Å². The fourth-order valence-corrected chi connectivity index (χ4v) is 5.42. The van der Waals surface area contributed by atoms with Crippen molar-refractivity contribution in [2.45, 2.75) is 39.7 Å². The molecule has 1 atom stereocenters. The Bertz CT molecular complexity index is 1090. The van der Waals surface area contributed by atoms with E-state index in [0.29, 0.717) is 39.1 Å². The van der Waals surface area contributed by atoms with Gasteiger partial charge in [0.15, 0.2) is 0 Å². The van der Waals surface area contributed by atoms with Crippen molar-refractivity contribution >= 4 is 28.9 Å². The van der Waals surface area contributed by atoms with Crippen LogP contribution in [0.25, 0.3) is 0 Å². The fourth-order valence-electron chi connectivity index (χ4n) is 4.70. The normalized spacial score (nSPS) is 18.5. The fraction of sp³-hybridized carbons (Fsp3) is 0.536. The van der Waals surface area contributed by atoms with Crippen LogP contribution >= 0.6 is 11.3 Å². The van der Waals surface area contributed by atoms with E-state index in [2.05, 4.69) is 4.90 Å². The van der Waals surface area contributed by atoms with Gasteiger partial charge in [0, 0.05) is 44.6 Å². The van der Waals surface area contributed by atoms with Crippen molar-refractivity contribution in [1.82, 2.24) is 14.8 Å². The van der Waals surface area contributed by atoms with Crippen LogP contribution in [0, 0.1) is 5.41 Å². The number of benzene rings is 1. The van der Waals surface area contributed by atoms with Gasteiger partial charge in [0.2, 0.25) is 5.91 Å². The second-order valence-electron chi connectivity index (χ2n) is 10.7. The van der Waals surface area contributed by atoms with E-state index in [-0.39, 0.29) is 29.8 Å². The number of rotatable bonds is 9. The number of carbonyl (C=O) groups excluding carboxylic acids is 2. The number of carbonyl (C=O) groups is 2. The highest BCUT2D eigenvalue weighted by atomic mass is 32.1. The van der Waals surface area contributed by atoms with Gasteiger partial charge in [0.05, 0.1) is 37.0 Å². The van der Waals surface area contributed by atoms with Crippen molar-refractivity contribution in [3.63, 3.8) is 0 Å². The van der Waals surface area contributed by atoms with E-state index in [4.69, 9.17) is 14.6 Å². The Morgan fingerprint density at radius 1 is 1.16 bits per heavy atom. The molecule has 37 heavy (non-hydrogen) atoms. The lowest BCUT2D eigenvalue weighted by atomic mass is 9.91. The van der Waals surface area contributed by atoms with E-state index < -0.39 is 0 Å². The average Bonchev–Trinajstić information content (AvgIpc) is 3.56. The first-order chi connectivity index (χ1) is 17.7. The molecule has 8 nitrogen and oxygen atoms in total. The van der Waals surface area contributed by atoms with Gasteiger partial charge in [-0.05, 0) is 22.9 Å². The zero-order valence-corrected chi connectivity index (χ0v) is 23.1. The molecular formula is C28H38N4O4S. The van der Waals surface area contributed by atoms with Crippen LogP contribution in [0.15, 0.2) is 46.9 Å². The lowest BCUT2D eigenvalue weighted by Crippen LogP contribution is -2.47. The lowest BCUT2D eigenvalue weighted by Gasteiger charge is -2.32. The molecule has 0 unspecified atom stereocenters. The van der Waals surface area contributed by atoms with Crippen molar-refractivity contribution in [3.8, 4) is 5.75 Å². The van der Waals surface area contributed by atoms with Crippen LogP contribution in [0.1, 0.15) is 50.1 Å². The highest BCUT2D eigenvalue weighted by molar-refractivity contribution is 7.12. The third kappa shape index (κ3) is 7.18. The molecule has 1 aromatic heterocycles. The third-order valence-electron chi connectivity index (χ3n) is 6.62. The molecule has 2 amide bonds. The molecule has 2 aliphatic rings. The first kappa shape index (κ1) is 27.3. The van der Waals surface area contributed by atoms with E-state index in [0.717, 1.165) is 35.0 Å². The maximum Gasteiger partial charge on any atom is 0.262 e. The largest absolute Gasteiger partial charge is 0.496 e. The summed E-state index contributed by atoms with van der Waals surface area (Å²) in [5.74, 6) is 0.525. The zero-order valence-electron chi connectivity index (χ0n) is 22.3. The van der Waals surface area contributed by atoms with Gasteiger partial charge < -0.3 is 14.4 Å². The summed E-state index contributed by atoms with van der Waals surface area (Å²) in [4.78, 5) is 32.2. The van der Waals surface area contributed by atoms with Crippen LogP contribution < -0.4 is 4.74 Å². The summed E-state index contributed by atoms with van der Waals surface area (Å²) in [5.41, 5.74) is 1.62. The number of ether oxygens (including phenoxy) is 2. The lowest BCUT2D eigenvalue weighted by molar-refractivity contribution is -0.142. The Morgan fingerprint density at radius 3 is 2.59 bits per heavy atom. The molecule has 1 aromatic carbocycles. The van der Waals surface area contributed by atoms with Gasteiger partial charge in [-0.1, -0.05) is 45.0 Å². The number of nitrogens with zero attached hydrogens (tertiary/aromatic N) is 4. The van der Waals surface area contributed by atoms with Crippen molar-refractivity contribution < 1.29 is 19.1 Å². The molecule has 0 saturated carbocycles. The predicted octanol–water partition coefficient (Wildman–Crippen LogP) is 4.03. The molecule has 2 aromatic rings. The van der Waals surface area contributed by atoms with E-state index in [1.807, 2.05) is 62.5 Å². The summed E-state index contributed by atoms with van der Waals surface area (Å²) in [6.07, 6.45) is 0.972. The molecule has 0 bridgehead atoms. The molecule has 0 radical (unpaired) electrons. The first-order valence-corrected chi connectivity index (χ1v) is 13.8. The second kappa shape index (κ2) is 12.2. The van der Waals surface area contributed by atoms with Crippen LogP contribution in [-0.2, 0) is 14.3 Å². The topological polar surface area (TPSA) is 74.7 Å². The van der Waals surface area contributed by atoms with E-state index in [1.165, 1.54) is 0 Å². The number of hydrogen-bond acceptors (Lipinski definition) is 7. The number of methoxy groups -OCH3 is 1. The number of hydrogen-bond donors (Lipinski definition) is 0. The van der Waals surface area contributed by atoms with Crippen molar-refractivity contribution in [3.05, 3.63) is 52.2 Å². The standard InChI is InChI=1S/C28H38N4O4S/c1-28(2,3)19-26(33)31(12-11-30-13-15-36-16-14-30)20-27(34)32-23(21-8-5-6-9-24(21)35-4)18-22(29-32)25-10-7-17-37-25/h5-10,17,23H,11-16,18-20H2,1-4H3/t23-/m0/s1. The number of morpholine rings is 1. The molecule has 2 aliphatic heterocycles. The van der Waals surface area contributed by atoms with Crippen molar-refractivity contribution in [2.75, 3.05) is 53.0 Å². The maximum atomic E-state index is 13.8. The molecule has 0 N–H and O–H groups in total. The summed E-state index contributed by atoms with van der Waals surface area (Å²) >= 11 is 1.61. The molecular weight excluding hydrogens is 488 g/mol. The minimum atomic E-state index is -0.292. The van der Waals surface area contributed by atoms with E-state index in [9.17, 15) is 9.59 Å². The van der Waals surface area contributed by atoms with E-state index in [1.54, 1.807) is 28.4 Å². The molecule has 0 aliphatic carbocycles. The zero-order chi connectivity index (χ0) is 26.4. The van der Waals surface area contributed by atoms with Gasteiger partial charge >= 0.3 is 0 Å². The monoisotopic (exact) mass is 526 g/mol. The summed E-state index contributed by atoms with van der Waals surface area (Å²) in [7, 11) is 1.64. The number of hydrazone groups is 1. The maximum absolute atomic E-state index is 13.8. The van der Waals surface area contributed by atoms with Gasteiger partial charge in [0.1, 0.15) is 12.3 Å². The van der Waals surface area contributed by atoms with E-state index >= 15 is 0 Å². The van der Waals surface area contributed by atoms with Gasteiger partial charge in [-0.25, -0.2) is 5.01 Å². The Balaban J connectivity index is 1.57. The van der Waals surface area contributed by atoms with Crippen LogP contribution in [0.3, 0.4) is 0 Å². The molecule has 1 fully saturated rings. The number of amides is 2. The van der Waals surface area contributed by atoms with Gasteiger partial charge in [-0.15, -0.1) is 11.3 Å². The highest BCUT2D eigenvalue weighted by Crippen LogP contribution is 2.38. The van der Waals surface area contributed by atoms with Crippen molar-refractivity contribution in [1.29, 1.82) is 0 Å². The quantitative estimate of drug-likeness (QED) is 0.493. The number of thiophene rings is 1. The van der Waals surface area contributed by atoms with Crippen molar-refractivity contribution in [2.24, 2.45) is 10.5 Å². The Morgan fingerprint density at radius 2 is 1.92 bits per heavy atom. The summed E-state index contributed by atoms with van der Waals surface area (Å²) in [6, 6.07) is 11.5. The first-order valence-electron chi connectivity index (χ1n) is 12.9. The Labute approximate surface area is 223 Å². The molecule has 4 rings (SSSR count).